The van der Waals surface area contributed by atoms with Gasteiger partial charge in [-0.2, -0.15) is 0 Å². The molecule has 2 fully saturated rings. The SMILES string of the molecule is COC(=O)C[C@H]1[C@]2(C)C[C@]3(O)[C@@](O)(C(=O)C4=C(CC[C@]5(C)C4=CC(=O)O[C@H]5c4ccoc4)[C@]13C)[C@H]2OC(C)=O. The molecule has 0 spiro atoms. The highest BCUT2D eigenvalue weighted by molar-refractivity contribution is 6.11. The maximum atomic E-state index is 14.5. The summed E-state index contributed by atoms with van der Waals surface area (Å²) >= 11 is 0. The fourth-order valence-corrected chi connectivity index (χ4v) is 8.98. The molecule has 2 bridgehead atoms. The number of fused-ring (bicyclic) bond motifs is 4. The van der Waals surface area contributed by atoms with Gasteiger partial charge in [0, 0.05) is 46.8 Å². The molecule has 1 aliphatic heterocycles. The molecule has 0 unspecified atom stereocenters. The van der Waals surface area contributed by atoms with Crippen LogP contribution in [0.2, 0.25) is 0 Å². The second-order valence-corrected chi connectivity index (χ2v) is 12.4. The van der Waals surface area contributed by atoms with Crippen LogP contribution in [0.5, 0.6) is 0 Å². The van der Waals surface area contributed by atoms with Gasteiger partial charge in [-0.3, -0.25) is 14.4 Å². The van der Waals surface area contributed by atoms with Crippen LogP contribution in [0, 0.1) is 22.2 Å². The summed E-state index contributed by atoms with van der Waals surface area (Å²) in [5.74, 6) is -3.34. The minimum atomic E-state index is -2.50. The predicted octanol–water partition coefficient (Wildman–Crippen LogP) is 2.49. The molecule has 10 nitrogen and oxygen atoms in total. The van der Waals surface area contributed by atoms with Gasteiger partial charge in [-0.15, -0.1) is 0 Å². The van der Waals surface area contributed by atoms with E-state index < -0.39 is 69.3 Å². The van der Waals surface area contributed by atoms with Crippen molar-refractivity contribution in [1.29, 1.82) is 0 Å². The van der Waals surface area contributed by atoms with Crippen LogP contribution in [0.4, 0.5) is 0 Å². The molecule has 4 aliphatic carbocycles. The predicted molar refractivity (Wildman–Crippen MR) is 131 cm³/mol. The van der Waals surface area contributed by atoms with Gasteiger partial charge in [-0.1, -0.05) is 20.8 Å². The Labute approximate surface area is 225 Å². The number of ether oxygens (including phenoxy) is 3. The lowest BCUT2D eigenvalue weighted by Gasteiger charge is -2.63. The Hall–Kier alpha value is -3.24. The lowest BCUT2D eigenvalue weighted by atomic mass is 9.44. The highest BCUT2D eigenvalue weighted by atomic mass is 16.6. The summed E-state index contributed by atoms with van der Waals surface area (Å²) in [6.45, 7) is 6.56. The monoisotopic (exact) mass is 540 g/mol. The number of esters is 3. The minimum absolute atomic E-state index is 0.0644. The zero-order valence-corrected chi connectivity index (χ0v) is 22.5. The molecule has 208 valence electrons. The van der Waals surface area contributed by atoms with Gasteiger partial charge >= 0.3 is 17.9 Å². The summed E-state index contributed by atoms with van der Waals surface area (Å²) in [4.78, 5) is 52.4. The van der Waals surface area contributed by atoms with Crippen LogP contribution >= 0.6 is 0 Å². The van der Waals surface area contributed by atoms with E-state index in [1.165, 1.54) is 32.6 Å². The Balaban J connectivity index is 1.62. The van der Waals surface area contributed by atoms with Gasteiger partial charge in [-0.05, 0) is 42.4 Å². The van der Waals surface area contributed by atoms with Crippen LogP contribution in [0.25, 0.3) is 0 Å². The first-order chi connectivity index (χ1) is 18.2. The summed E-state index contributed by atoms with van der Waals surface area (Å²) in [7, 11) is 1.27. The number of furan rings is 1. The van der Waals surface area contributed by atoms with E-state index in [-0.39, 0.29) is 18.4 Å². The first kappa shape index (κ1) is 26.0. The minimum Gasteiger partial charge on any atom is -0.472 e. The molecular weight excluding hydrogens is 508 g/mol. The molecule has 1 aromatic rings. The van der Waals surface area contributed by atoms with Crippen LogP contribution < -0.4 is 0 Å². The summed E-state index contributed by atoms with van der Waals surface area (Å²) in [5.41, 5.74) is -6.02. The molecule has 6 rings (SSSR count). The highest BCUT2D eigenvalue weighted by Crippen LogP contribution is 2.79. The van der Waals surface area contributed by atoms with Crippen molar-refractivity contribution in [2.24, 2.45) is 22.2 Å². The van der Waals surface area contributed by atoms with Crippen molar-refractivity contribution in [2.45, 2.75) is 76.8 Å². The third-order valence-corrected chi connectivity index (χ3v) is 10.7. The summed E-state index contributed by atoms with van der Waals surface area (Å²) in [6.07, 6.45) is 2.70. The standard InChI is InChI=1S/C29H32O10/c1-14(30)38-24-26(3)13-28(34)27(4,18(26)11-19(31)36-5)16-6-8-25(2)17(21(16)22(33)29(24,28)35)10-20(32)39-23(25)15-7-9-37-12-15/h7,9-10,12,18,23-24,34-35H,6,8,11,13H2,1-5H3/t18-,23-,24-,25+,26-,27+,28+,29+/m0/s1. The summed E-state index contributed by atoms with van der Waals surface area (Å²) in [5, 5.41) is 24.7. The Morgan fingerprint density at radius 2 is 1.90 bits per heavy atom. The van der Waals surface area contributed by atoms with Crippen LogP contribution in [0.1, 0.15) is 65.0 Å². The fraction of sp³-hybridized carbons (Fsp3) is 0.586. The van der Waals surface area contributed by atoms with Crippen molar-refractivity contribution in [3.8, 4) is 0 Å². The van der Waals surface area contributed by atoms with Crippen LogP contribution in [0.15, 0.2) is 45.8 Å². The van der Waals surface area contributed by atoms with Gasteiger partial charge in [0.05, 0.1) is 19.6 Å². The molecule has 0 radical (unpaired) electrons. The molecule has 0 saturated heterocycles. The molecule has 0 amide bonds. The smallest absolute Gasteiger partial charge is 0.331 e. The van der Waals surface area contributed by atoms with E-state index in [0.29, 0.717) is 29.6 Å². The van der Waals surface area contributed by atoms with Gasteiger partial charge in [0.25, 0.3) is 0 Å². The van der Waals surface area contributed by atoms with Crippen LogP contribution in [-0.4, -0.2) is 58.3 Å². The van der Waals surface area contributed by atoms with Gasteiger partial charge in [0.15, 0.2) is 5.60 Å². The molecule has 10 heteroatoms. The van der Waals surface area contributed by atoms with Gasteiger partial charge in [-0.25, -0.2) is 4.79 Å². The topological polar surface area (TPSA) is 150 Å². The molecule has 2 heterocycles. The van der Waals surface area contributed by atoms with Gasteiger partial charge in [0.2, 0.25) is 5.78 Å². The normalized spacial score (nSPS) is 43.9. The average molecular weight is 541 g/mol. The third kappa shape index (κ3) is 2.78. The first-order valence-electron chi connectivity index (χ1n) is 13.1. The molecule has 2 N–H and O–H groups in total. The van der Waals surface area contributed by atoms with Crippen molar-refractivity contribution in [3.63, 3.8) is 0 Å². The lowest BCUT2D eigenvalue weighted by Crippen LogP contribution is -2.76. The quantitative estimate of drug-likeness (QED) is 0.431. The zero-order valence-electron chi connectivity index (χ0n) is 22.5. The number of cyclic esters (lactones) is 1. The molecular formula is C29H32O10. The van der Waals surface area contributed by atoms with Crippen molar-refractivity contribution < 1.29 is 48.0 Å². The second-order valence-electron chi connectivity index (χ2n) is 12.4. The van der Waals surface area contributed by atoms with E-state index in [4.69, 9.17) is 18.6 Å². The number of methoxy groups -OCH3 is 1. The van der Waals surface area contributed by atoms with E-state index in [1.807, 2.05) is 6.92 Å². The highest BCUT2D eigenvalue weighted by Gasteiger charge is 2.89. The van der Waals surface area contributed by atoms with Crippen molar-refractivity contribution in [1.82, 2.24) is 0 Å². The first-order valence-corrected chi connectivity index (χ1v) is 13.1. The number of Topliss-reactive ketones (excluding diaryl/α,β-unsaturated/α-hetero) is 1. The van der Waals surface area contributed by atoms with E-state index in [2.05, 4.69) is 0 Å². The molecule has 5 aliphatic rings. The Bertz CT molecular complexity index is 1390. The third-order valence-electron chi connectivity index (χ3n) is 10.7. The van der Waals surface area contributed by atoms with Crippen molar-refractivity contribution in [2.75, 3.05) is 7.11 Å². The van der Waals surface area contributed by atoms with E-state index in [9.17, 15) is 29.4 Å². The summed E-state index contributed by atoms with van der Waals surface area (Å²) < 4.78 is 21.6. The van der Waals surface area contributed by atoms with Gasteiger partial charge < -0.3 is 28.8 Å². The van der Waals surface area contributed by atoms with E-state index in [0.717, 1.165) is 0 Å². The maximum absolute atomic E-state index is 14.5. The second kappa shape index (κ2) is 7.69. The molecule has 1 aromatic heterocycles. The molecule has 0 aromatic carbocycles. The van der Waals surface area contributed by atoms with Crippen molar-refractivity contribution in [3.05, 3.63) is 47.0 Å². The number of ketones is 1. The van der Waals surface area contributed by atoms with E-state index >= 15 is 0 Å². The lowest BCUT2D eigenvalue weighted by molar-refractivity contribution is -0.249. The maximum Gasteiger partial charge on any atom is 0.331 e. The van der Waals surface area contributed by atoms with Crippen LogP contribution in [-0.2, 0) is 33.4 Å². The fourth-order valence-electron chi connectivity index (χ4n) is 8.98. The van der Waals surface area contributed by atoms with Gasteiger partial charge in [0.1, 0.15) is 17.8 Å². The van der Waals surface area contributed by atoms with Crippen molar-refractivity contribution >= 4 is 23.7 Å². The largest absolute Gasteiger partial charge is 0.472 e. The number of hydrogen-bond donors (Lipinski definition) is 2. The average Bonchev–Trinajstić information content (AvgIpc) is 3.51. The number of hydrogen-bond acceptors (Lipinski definition) is 10. The molecule has 39 heavy (non-hydrogen) atoms. The number of carbonyl (C=O) groups is 4. The Morgan fingerprint density at radius 1 is 1.18 bits per heavy atom. The number of aliphatic hydroxyl groups is 2. The van der Waals surface area contributed by atoms with Crippen LogP contribution in [0.3, 0.4) is 0 Å². The number of rotatable bonds is 4. The Kier molecular flexibility index (Phi) is 5.13. The number of carbonyl (C=O) groups excluding carboxylic acids is 4. The van der Waals surface area contributed by atoms with E-state index in [1.54, 1.807) is 19.9 Å². The molecule has 2 saturated carbocycles. The zero-order chi connectivity index (χ0) is 28.3. The summed E-state index contributed by atoms with van der Waals surface area (Å²) in [6, 6.07) is 1.70. The Morgan fingerprint density at radius 3 is 2.51 bits per heavy atom. The molecule has 8 atom stereocenters.